The number of carbonyl (C=O) groups is 2. The van der Waals surface area contributed by atoms with Crippen molar-refractivity contribution in [2.75, 3.05) is 5.73 Å². The number of aromatic nitrogens is 1. The van der Waals surface area contributed by atoms with Crippen molar-refractivity contribution in [1.29, 1.82) is 0 Å². The van der Waals surface area contributed by atoms with Gasteiger partial charge in [0.2, 0.25) is 0 Å². The van der Waals surface area contributed by atoms with Gasteiger partial charge in [-0.15, -0.1) is 11.3 Å². The maximum absolute atomic E-state index is 13.3. The van der Waals surface area contributed by atoms with Crippen LogP contribution in [-0.2, 0) is 10.1 Å². The van der Waals surface area contributed by atoms with Crippen LogP contribution in [0.3, 0.4) is 0 Å². The standard InChI is InChI=1S/C21H12N2O5S3.Na/c22-18-15(31(26,27)28)9-14(30-21-23-12-7-3-4-8-13(12)29-21)16-17(18)20(25)11-6-2-1-5-10(11)19(16)24;/h1-9H,22H2,(H,26,27,28);/q;+1/p-1. The van der Waals surface area contributed by atoms with Gasteiger partial charge >= 0.3 is 29.6 Å². The van der Waals surface area contributed by atoms with Gasteiger partial charge in [0.05, 0.1) is 26.4 Å². The van der Waals surface area contributed by atoms with Crippen LogP contribution in [0.15, 0.2) is 68.7 Å². The molecule has 1 aliphatic carbocycles. The van der Waals surface area contributed by atoms with E-state index >= 15 is 0 Å². The molecule has 0 bridgehead atoms. The first kappa shape index (κ1) is 23.1. The Morgan fingerprint density at radius 1 is 0.938 bits per heavy atom. The van der Waals surface area contributed by atoms with Gasteiger partial charge in [-0.25, -0.2) is 13.4 Å². The van der Waals surface area contributed by atoms with Crippen molar-refractivity contribution in [3.8, 4) is 0 Å². The van der Waals surface area contributed by atoms with Gasteiger partial charge in [0.1, 0.15) is 10.1 Å². The van der Waals surface area contributed by atoms with Gasteiger partial charge < -0.3 is 10.3 Å². The first-order chi connectivity index (χ1) is 14.8. The molecule has 0 atom stereocenters. The van der Waals surface area contributed by atoms with Crippen molar-refractivity contribution in [3.63, 3.8) is 0 Å². The van der Waals surface area contributed by atoms with Gasteiger partial charge in [0, 0.05) is 21.6 Å². The van der Waals surface area contributed by atoms with Gasteiger partial charge in [-0.2, -0.15) is 0 Å². The largest absolute Gasteiger partial charge is 1.00 e. The normalized spacial score (nSPS) is 12.9. The second-order valence-electron chi connectivity index (χ2n) is 6.74. The molecule has 1 aliphatic rings. The van der Waals surface area contributed by atoms with Gasteiger partial charge in [-0.05, 0) is 18.2 Å². The predicted octanol–water partition coefficient (Wildman–Crippen LogP) is 0.713. The van der Waals surface area contributed by atoms with E-state index in [-0.39, 0.29) is 56.7 Å². The first-order valence-corrected chi connectivity index (χ1v) is 11.9. The number of rotatable bonds is 3. The van der Waals surface area contributed by atoms with Gasteiger partial charge in [0.25, 0.3) is 0 Å². The summed E-state index contributed by atoms with van der Waals surface area (Å²) in [5.41, 5.74) is 6.22. The summed E-state index contributed by atoms with van der Waals surface area (Å²) in [4.78, 5) is 30.3. The number of nitrogens with two attached hydrogens (primary N) is 1. The Morgan fingerprint density at radius 3 is 2.16 bits per heavy atom. The molecule has 0 amide bonds. The van der Waals surface area contributed by atoms with Crippen molar-refractivity contribution in [2.24, 2.45) is 0 Å². The zero-order chi connectivity index (χ0) is 21.9. The molecule has 7 nitrogen and oxygen atoms in total. The number of hydrogen-bond acceptors (Lipinski definition) is 9. The average molecular weight is 491 g/mol. The molecule has 0 fully saturated rings. The summed E-state index contributed by atoms with van der Waals surface area (Å²) in [6.45, 7) is 0. The number of anilines is 1. The van der Waals surface area contributed by atoms with Crippen LogP contribution in [0.1, 0.15) is 31.8 Å². The Kier molecular flexibility index (Phi) is 6.05. The molecular formula is C21H11N2NaO5S3. The zero-order valence-electron chi connectivity index (χ0n) is 16.5. The summed E-state index contributed by atoms with van der Waals surface area (Å²) >= 11 is 2.37. The number of ketones is 2. The number of fused-ring (bicyclic) bond motifs is 3. The van der Waals surface area contributed by atoms with Crippen LogP contribution in [0.5, 0.6) is 0 Å². The molecule has 0 saturated heterocycles. The fraction of sp³-hybridized carbons (Fsp3) is 0. The topological polar surface area (TPSA) is 130 Å². The molecule has 0 radical (unpaired) electrons. The molecule has 3 aromatic carbocycles. The number of para-hydroxylation sites is 1. The van der Waals surface area contributed by atoms with E-state index in [9.17, 15) is 22.6 Å². The van der Waals surface area contributed by atoms with E-state index < -0.39 is 32.3 Å². The minimum Gasteiger partial charge on any atom is -0.744 e. The van der Waals surface area contributed by atoms with Crippen LogP contribution in [0.25, 0.3) is 10.2 Å². The summed E-state index contributed by atoms with van der Waals surface area (Å²) in [7, 11) is -4.99. The van der Waals surface area contributed by atoms with Crippen LogP contribution < -0.4 is 35.3 Å². The van der Waals surface area contributed by atoms with E-state index in [2.05, 4.69) is 4.98 Å². The number of nitrogen functional groups attached to an aromatic ring is 1. The number of thiazole rings is 1. The predicted molar refractivity (Wildman–Crippen MR) is 116 cm³/mol. The number of hydrogen-bond donors (Lipinski definition) is 1. The van der Waals surface area contributed by atoms with Crippen molar-refractivity contribution < 1.29 is 52.1 Å². The maximum Gasteiger partial charge on any atom is 1.00 e. The number of nitrogens with zero attached hydrogens (tertiary/aromatic N) is 1. The molecule has 0 spiro atoms. The van der Waals surface area contributed by atoms with Crippen LogP contribution in [0, 0.1) is 0 Å². The van der Waals surface area contributed by atoms with Crippen molar-refractivity contribution in [2.45, 2.75) is 14.1 Å². The summed E-state index contributed by atoms with van der Waals surface area (Å²) in [6.07, 6.45) is 0. The molecule has 5 rings (SSSR count). The fourth-order valence-corrected chi connectivity index (χ4v) is 6.45. The van der Waals surface area contributed by atoms with E-state index in [4.69, 9.17) is 5.73 Å². The molecule has 0 aliphatic heterocycles. The van der Waals surface area contributed by atoms with Crippen LogP contribution in [-0.4, -0.2) is 29.5 Å². The minimum absolute atomic E-state index is 0. The summed E-state index contributed by atoms with van der Waals surface area (Å²) in [5, 5.41) is 0. The van der Waals surface area contributed by atoms with E-state index in [1.807, 2.05) is 24.3 Å². The molecule has 2 N–H and O–H groups in total. The second-order valence-corrected chi connectivity index (χ2v) is 10.4. The maximum atomic E-state index is 13.3. The van der Waals surface area contributed by atoms with E-state index in [0.717, 1.165) is 28.0 Å². The van der Waals surface area contributed by atoms with E-state index in [1.54, 1.807) is 12.1 Å². The molecule has 0 saturated carbocycles. The van der Waals surface area contributed by atoms with Crippen LogP contribution in [0.2, 0.25) is 0 Å². The first-order valence-electron chi connectivity index (χ1n) is 8.90. The Hall–Kier alpha value is -2.05. The molecule has 1 heterocycles. The zero-order valence-corrected chi connectivity index (χ0v) is 20.9. The SMILES string of the molecule is Nc1c(S(=O)(=O)[O-])cc(Sc2nc3ccccc3s2)c2c1C(=O)c1ccccc1C2=O.[Na+]. The number of benzene rings is 3. The molecule has 0 unspecified atom stereocenters. The van der Waals surface area contributed by atoms with Crippen molar-refractivity contribution >= 4 is 60.7 Å². The van der Waals surface area contributed by atoms with Crippen LogP contribution in [0.4, 0.5) is 5.69 Å². The molecule has 32 heavy (non-hydrogen) atoms. The average Bonchev–Trinajstić information content (AvgIpc) is 3.14. The Bertz CT molecular complexity index is 1510. The van der Waals surface area contributed by atoms with E-state index in [0.29, 0.717) is 4.34 Å². The second kappa shape index (κ2) is 8.38. The summed E-state index contributed by atoms with van der Waals surface area (Å²) in [5.74, 6) is -1.06. The molecule has 4 aromatic rings. The third-order valence-corrected chi connectivity index (χ3v) is 7.92. The molecule has 154 valence electrons. The Balaban J connectivity index is 0.00000245. The van der Waals surface area contributed by atoms with Crippen LogP contribution >= 0.6 is 23.1 Å². The smallest absolute Gasteiger partial charge is 0.744 e. The monoisotopic (exact) mass is 490 g/mol. The number of carbonyl (C=O) groups excluding carboxylic acids is 2. The van der Waals surface area contributed by atoms with Gasteiger partial charge in [-0.1, -0.05) is 48.2 Å². The molecular weight excluding hydrogens is 479 g/mol. The Morgan fingerprint density at radius 2 is 1.53 bits per heavy atom. The van der Waals surface area contributed by atoms with Gasteiger partial charge in [-0.3, -0.25) is 9.59 Å². The van der Waals surface area contributed by atoms with Gasteiger partial charge in [0.15, 0.2) is 15.9 Å². The molecule has 1 aromatic heterocycles. The summed E-state index contributed by atoms with van der Waals surface area (Å²) < 4.78 is 37.0. The third-order valence-electron chi connectivity index (χ3n) is 4.90. The minimum atomic E-state index is -4.99. The van der Waals surface area contributed by atoms with E-state index in [1.165, 1.54) is 23.5 Å². The Labute approximate surface area is 213 Å². The quantitative estimate of drug-likeness (QED) is 0.222. The van der Waals surface area contributed by atoms with Crippen molar-refractivity contribution in [3.05, 3.63) is 76.9 Å². The molecule has 11 heteroatoms. The summed E-state index contributed by atoms with van der Waals surface area (Å²) in [6, 6.07) is 14.7. The fourth-order valence-electron chi connectivity index (χ4n) is 3.54. The van der Waals surface area contributed by atoms with Crippen molar-refractivity contribution in [1.82, 2.24) is 4.98 Å². The third kappa shape index (κ3) is 3.71.